The van der Waals surface area contributed by atoms with Crippen LogP contribution in [-0.2, 0) is 19.0 Å². The highest BCUT2D eigenvalue weighted by Crippen LogP contribution is 2.22. The zero-order valence-electron chi connectivity index (χ0n) is 14.2. The molecule has 0 bridgehead atoms. The smallest absolute Gasteiger partial charge is 0.333 e. The van der Waals surface area contributed by atoms with Gasteiger partial charge in [0.25, 0.3) is 0 Å². The predicted molar refractivity (Wildman–Crippen MR) is 92.9 cm³/mol. The van der Waals surface area contributed by atoms with Gasteiger partial charge in [-0.3, -0.25) is 0 Å². The maximum Gasteiger partial charge on any atom is 0.333 e. The Morgan fingerprint density at radius 3 is 2.52 bits per heavy atom. The minimum Gasteiger partial charge on any atom is -0.500 e. The van der Waals surface area contributed by atoms with Crippen molar-refractivity contribution >= 4 is 29.0 Å². The van der Waals surface area contributed by atoms with Gasteiger partial charge in [-0.15, -0.1) is 11.3 Å². The first-order valence-electron chi connectivity index (χ1n) is 7.08. The number of thiazole rings is 1. The lowest BCUT2D eigenvalue weighted by molar-refractivity contribution is -0.135. The molecule has 6 heteroatoms. The van der Waals surface area contributed by atoms with Crippen LogP contribution in [0.3, 0.4) is 0 Å². The molecule has 1 aromatic heterocycles. The maximum atomic E-state index is 11.4. The van der Waals surface area contributed by atoms with Gasteiger partial charge in [-0.1, -0.05) is 19.6 Å². The third-order valence-corrected chi connectivity index (χ3v) is 4.28. The molecule has 23 heavy (non-hydrogen) atoms. The molecule has 1 rings (SSSR count). The summed E-state index contributed by atoms with van der Waals surface area (Å²) in [6, 6.07) is 0. The second-order valence-electron chi connectivity index (χ2n) is 4.98. The van der Waals surface area contributed by atoms with Crippen LogP contribution < -0.4 is 0 Å². The molecule has 0 aromatic carbocycles. The highest BCUT2D eigenvalue weighted by molar-refractivity contribution is 7.10. The SMILES string of the molecule is C=C(C)c1nc(C=CC(OC)C(C)C(=CC(=O)OC)OC)cs1. The van der Waals surface area contributed by atoms with Crippen molar-refractivity contribution in [3.63, 3.8) is 0 Å². The predicted octanol–water partition coefficient (Wildman–Crippen LogP) is 3.54. The molecule has 2 atom stereocenters. The van der Waals surface area contributed by atoms with E-state index in [4.69, 9.17) is 9.47 Å². The number of aromatic nitrogens is 1. The molecule has 1 heterocycles. The van der Waals surface area contributed by atoms with Crippen molar-refractivity contribution in [3.05, 3.63) is 40.6 Å². The van der Waals surface area contributed by atoms with Crippen LogP contribution in [0.5, 0.6) is 0 Å². The number of rotatable bonds is 8. The van der Waals surface area contributed by atoms with Gasteiger partial charge in [-0.25, -0.2) is 9.78 Å². The van der Waals surface area contributed by atoms with Crippen LogP contribution in [0.1, 0.15) is 24.5 Å². The van der Waals surface area contributed by atoms with E-state index >= 15 is 0 Å². The maximum absolute atomic E-state index is 11.4. The number of nitrogens with zero attached hydrogens (tertiary/aromatic N) is 1. The zero-order chi connectivity index (χ0) is 17.4. The second-order valence-corrected chi connectivity index (χ2v) is 5.84. The summed E-state index contributed by atoms with van der Waals surface area (Å²) in [5.41, 5.74) is 1.78. The summed E-state index contributed by atoms with van der Waals surface area (Å²) >= 11 is 1.55. The summed E-state index contributed by atoms with van der Waals surface area (Å²) in [5, 5.41) is 2.87. The van der Waals surface area contributed by atoms with Crippen LogP contribution >= 0.6 is 11.3 Å². The second kappa shape index (κ2) is 9.27. The van der Waals surface area contributed by atoms with E-state index in [-0.39, 0.29) is 12.0 Å². The third kappa shape index (κ3) is 5.65. The lowest BCUT2D eigenvalue weighted by atomic mass is 10.0. The quantitative estimate of drug-likeness (QED) is 0.412. The Morgan fingerprint density at radius 2 is 2.04 bits per heavy atom. The first kappa shape index (κ1) is 19.1. The van der Waals surface area contributed by atoms with Crippen molar-refractivity contribution < 1.29 is 19.0 Å². The largest absolute Gasteiger partial charge is 0.500 e. The first-order chi connectivity index (χ1) is 10.9. The Kier molecular flexibility index (Phi) is 7.71. The fraction of sp³-hybridized carbons (Fsp3) is 0.412. The summed E-state index contributed by atoms with van der Waals surface area (Å²) in [6.07, 6.45) is 4.85. The van der Waals surface area contributed by atoms with Crippen LogP contribution in [-0.4, -0.2) is 38.4 Å². The lowest BCUT2D eigenvalue weighted by Crippen LogP contribution is -2.21. The monoisotopic (exact) mass is 337 g/mol. The fourth-order valence-electron chi connectivity index (χ4n) is 1.91. The van der Waals surface area contributed by atoms with Gasteiger partial charge >= 0.3 is 5.97 Å². The van der Waals surface area contributed by atoms with E-state index in [0.717, 1.165) is 16.3 Å². The minimum atomic E-state index is -0.460. The molecule has 0 N–H and O–H groups in total. The average Bonchev–Trinajstić information content (AvgIpc) is 3.01. The molecule has 0 aliphatic rings. The highest BCUT2D eigenvalue weighted by atomic mass is 32.1. The topological polar surface area (TPSA) is 57.7 Å². The van der Waals surface area contributed by atoms with Gasteiger partial charge in [0.2, 0.25) is 0 Å². The molecular formula is C17H23NO4S. The van der Waals surface area contributed by atoms with Crippen molar-refractivity contribution in [2.75, 3.05) is 21.3 Å². The number of esters is 1. The van der Waals surface area contributed by atoms with E-state index in [0.29, 0.717) is 5.76 Å². The minimum absolute atomic E-state index is 0.153. The Hall–Kier alpha value is -1.92. The van der Waals surface area contributed by atoms with E-state index in [1.54, 1.807) is 18.4 Å². The molecule has 0 saturated heterocycles. The Bertz CT molecular complexity index is 603. The summed E-state index contributed by atoms with van der Waals surface area (Å²) in [4.78, 5) is 15.8. The number of hydrogen-bond donors (Lipinski definition) is 0. The van der Waals surface area contributed by atoms with Gasteiger partial charge in [0.05, 0.1) is 32.1 Å². The van der Waals surface area contributed by atoms with Gasteiger partial charge < -0.3 is 14.2 Å². The van der Waals surface area contributed by atoms with E-state index in [1.165, 1.54) is 20.3 Å². The molecule has 0 fully saturated rings. The van der Waals surface area contributed by atoms with Crippen molar-refractivity contribution in [2.45, 2.75) is 20.0 Å². The molecule has 0 radical (unpaired) electrons. The zero-order valence-corrected chi connectivity index (χ0v) is 15.0. The van der Waals surface area contributed by atoms with E-state index < -0.39 is 5.97 Å². The van der Waals surface area contributed by atoms with Crippen LogP contribution in [0.2, 0.25) is 0 Å². The van der Waals surface area contributed by atoms with Crippen LogP contribution in [0.15, 0.2) is 29.9 Å². The molecule has 0 saturated carbocycles. The van der Waals surface area contributed by atoms with Gasteiger partial charge in [-0.05, 0) is 18.6 Å². The number of hydrogen-bond acceptors (Lipinski definition) is 6. The summed E-state index contributed by atoms with van der Waals surface area (Å²) in [7, 11) is 4.45. The molecule has 0 aliphatic carbocycles. The Balaban J connectivity index is 2.89. The van der Waals surface area contributed by atoms with Crippen molar-refractivity contribution in [3.8, 4) is 0 Å². The molecular weight excluding hydrogens is 314 g/mol. The standard InChI is InChI=1S/C17H23NO4S/c1-11(2)17-18-13(10-23-17)7-8-14(20-4)12(3)15(21-5)9-16(19)22-6/h7-10,12,14H,1H2,2-6H3. The summed E-state index contributed by atoms with van der Waals surface area (Å²) < 4.78 is 15.4. The highest BCUT2D eigenvalue weighted by Gasteiger charge is 2.20. The van der Waals surface area contributed by atoms with E-state index in [2.05, 4.69) is 16.3 Å². The van der Waals surface area contributed by atoms with Crippen molar-refractivity contribution in [2.24, 2.45) is 5.92 Å². The molecule has 1 aromatic rings. The summed E-state index contributed by atoms with van der Waals surface area (Å²) in [5.74, 6) is -0.119. The lowest BCUT2D eigenvalue weighted by Gasteiger charge is -2.21. The molecule has 126 valence electrons. The molecule has 2 unspecified atom stereocenters. The van der Waals surface area contributed by atoms with Crippen LogP contribution in [0.25, 0.3) is 11.6 Å². The van der Waals surface area contributed by atoms with E-state index in [9.17, 15) is 4.79 Å². The van der Waals surface area contributed by atoms with Gasteiger partial charge in [0, 0.05) is 18.4 Å². The number of carbonyl (C=O) groups is 1. The van der Waals surface area contributed by atoms with Crippen molar-refractivity contribution in [1.82, 2.24) is 4.98 Å². The molecule has 5 nitrogen and oxygen atoms in total. The molecule has 0 amide bonds. The average molecular weight is 337 g/mol. The number of carbonyl (C=O) groups excluding carboxylic acids is 1. The fourth-order valence-corrected chi connectivity index (χ4v) is 2.64. The molecule has 0 aliphatic heterocycles. The van der Waals surface area contributed by atoms with Gasteiger partial charge in [0.15, 0.2) is 0 Å². The number of methoxy groups -OCH3 is 3. The molecule has 0 spiro atoms. The number of ether oxygens (including phenoxy) is 3. The normalized spacial score (nSPS) is 14.6. The third-order valence-electron chi connectivity index (χ3n) is 3.25. The van der Waals surface area contributed by atoms with Crippen LogP contribution in [0.4, 0.5) is 0 Å². The first-order valence-corrected chi connectivity index (χ1v) is 7.96. The number of allylic oxidation sites excluding steroid dienone is 1. The van der Waals surface area contributed by atoms with Crippen molar-refractivity contribution in [1.29, 1.82) is 0 Å². The summed E-state index contributed by atoms with van der Waals surface area (Å²) in [6.45, 7) is 7.72. The van der Waals surface area contributed by atoms with Gasteiger partial charge in [0.1, 0.15) is 10.8 Å². The van der Waals surface area contributed by atoms with Gasteiger partial charge in [-0.2, -0.15) is 0 Å². The Morgan fingerprint density at radius 1 is 1.35 bits per heavy atom. The van der Waals surface area contributed by atoms with Crippen LogP contribution in [0, 0.1) is 5.92 Å². The Labute approximate surface area is 141 Å². The van der Waals surface area contributed by atoms with E-state index in [1.807, 2.05) is 31.4 Å².